The van der Waals surface area contributed by atoms with Crippen LogP contribution in [-0.4, -0.2) is 68.5 Å². The molecular formula is C16H22N6O2. The first-order valence-electron chi connectivity index (χ1n) is 8.01. The summed E-state index contributed by atoms with van der Waals surface area (Å²) in [4.78, 5) is 28.2. The minimum absolute atomic E-state index is 0.0558. The van der Waals surface area contributed by atoms with Gasteiger partial charge in [-0.15, -0.1) is 5.10 Å². The van der Waals surface area contributed by atoms with Gasteiger partial charge in [0.1, 0.15) is 0 Å². The number of aryl methyl sites for hydroxylation is 1. The number of carbonyl (C=O) groups excluding carboxylic acids is 1. The van der Waals surface area contributed by atoms with Gasteiger partial charge in [0.2, 0.25) is 5.91 Å². The lowest BCUT2D eigenvalue weighted by Gasteiger charge is -2.24. The van der Waals surface area contributed by atoms with Gasteiger partial charge >= 0.3 is 0 Å². The zero-order chi connectivity index (χ0) is 17.1. The first-order valence-corrected chi connectivity index (χ1v) is 8.01. The summed E-state index contributed by atoms with van der Waals surface area (Å²) in [5, 5.41) is 7.96. The Morgan fingerprint density at radius 2 is 2.12 bits per heavy atom. The second kappa shape index (κ2) is 6.96. The van der Waals surface area contributed by atoms with Crippen LogP contribution in [0.15, 0.2) is 41.6 Å². The summed E-state index contributed by atoms with van der Waals surface area (Å²) < 4.78 is 3.38. The molecular weight excluding hydrogens is 308 g/mol. The van der Waals surface area contributed by atoms with Crippen LogP contribution >= 0.6 is 0 Å². The lowest BCUT2D eigenvalue weighted by molar-refractivity contribution is -0.130. The molecule has 0 bridgehead atoms. The van der Waals surface area contributed by atoms with Crippen molar-refractivity contribution in [2.45, 2.75) is 25.0 Å². The minimum Gasteiger partial charge on any atom is -0.339 e. The Morgan fingerprint density at radius 1 is 1.29 bits per heavy atom. The lowest BCUT2D eigenvalue weighted by atomic mass is 10.1. The van der Waals surface area contributed by atoms with Gasteiger partial charge in [0.05, 0.1) is 18.3 Å². The highest BCUT2D eigenvalue weighted by atomic mass is 16.2. The minimum atomic E-state index is -0.0848. The van der Waals surface area contributed by atoms with E-state index in [9.17, 15) is 9.59 Å². The molecule has 1 fully saturated rings. The van der Waals surface area contributed by atoms with Crippen LogP contribution in [0.1, 0.15) is 12.5 Å². The largest absolute Gasteiger partial charge is 0.339 e. The van der Waals surface area contributed by atoms with E-state index in [1.54, 1.807) is 29.1 Å². The molecule has 3 heterocycles. The standard InChI is InChI=1S/C16H22N6O2/c1-19(2)13-11-21(12-14(13)22-10-7-17-18-22)16(24)6-9-20-8-4-3-5-15(20)23/h3-5,7-8,10,13-14H,6,9,11-12H2,1-2H3/t13-,14+/m1/s1. The molecule has 0 spiro atoms. The highest BCUT2D eigenvalue weighted by Gasteiger charge is 2.37. The van der Waals surface area contributed by atoms with E-state index in [0.717, 1.165) is 0 Å². The molecule has 0 radical (unpaired) electrons. The van der Waals surface area contributed by atoms with Crippen LogP contribution in [0.4, 0.5) is 0 Å². The van der Waals surface area contributed by atoms with Crippen molar-refractivity contribution in [3.05, 3.63) is 47.1 Å². The van der Waals surface area contributed by atoms with Gasteiger partial charge in [-0.3, -0.25) is 9.59 Å². The van der Waals surface area contributed by atoms with Gasteiger partial charge in [0.15, 0.2) is 0 Å². The van der Waals surface area contributed by atoms with E-state index in [2.05, 4.69) is 15.2 Å². The van der Waals surface area contributed by atoms with Crippen molar-refractivity contribution in [1.82, 2.24) is 29.4 Å². The molecule has 0 aromatic carbocycles. The molecule has 2 atom stereocenters. The SMILES string of the molecule is CN(C)[C@@H]1CN(C(=O)CCn2ccccc2=O)C[C@@H]1n1ccnn1. The predicted octanol–water partition coefficient (Wildman–Crippen LogP) is -0.156. The van der Waals surface area contributed by atoms with Gasteiger partial charge < -0.3 is 14.4 Å². The Hall–Kier alpha value is -2.48. The van der Waals surface area contributed by atoms with Crippen LogP contribution < -0.4 is 5.56 Å². The summed E-state index contributed by atoms with van der Waals surface area (Å²) in [5.74, 6) is 0.0558. The second-order valence-corrected chi connectivity index (χ2v) is 6.26. The van der Waals surface area contributed by atoms with E-state index in [1.807, 2.05) is 29.9 Å². The normalized spacial score (nSPS) is 20.7. The van der Waals surface area contributed by atoms with Gasteiger partial charge in [-0.25, -0.2) is 4.68 Å². The molecule has 1 amide bonds. The molecule has 0 saturated carbocycles. The van der Waals surface area contributed by atoms with Crippen LogP contribution in [-0.2, 0) is 11.3 Å². The summed E-state index contributed by atoms with van der Waals surface area (Å²) in [5.41, 5.74) is -0.0848. The van der Waals surface area contributed by atoms with Crippen molar-refractivity contribution in [1.29, 1.82) is 0 Å². The third-order valence-electron chi connectivity index (χ3n) is 4.52. The highest BCUT2D eigenvalue weighted by molar-refractivity contribution is 5.76. The van der Waals surface area contributed by atoms with Gasteiger partial charge in [-0.2, -0.15) is 0 Å². The second-order valence-electron chi connectivity index (χ2n) is 6.26. The van der Waals surface area contributed by atoms with E-state index < -0.39 is 0 Å². The monoisotopic (exact) mass is 330 g/mol. The maximum atomic E-state index is 12.6. The fourth-order valence-electron chi connectivity index (χ4n) is 3.15. The molecule has 8 nitrogen and oxygen atoms in total. The molecule has 3 rings (SSSR count). The number of aromatic nitrogens is 4. The van der Waals surface area contributed by atoms with Gasteiger partial charge in [-0.05, 0) is 20.2 Å². The number of pyridine rings is 1. The maximum absolute atomic E-state index is 12.6. The van der Waals surface area contributed by atoms with Crippen molar-refractivity contribution in [3.8, 4) is 0 Å². The third kappa shape index (κ3) is 3.38. The van der Waals surface area contributed by atoms with Gasteiger partial charge in [0.25, 0.3) is 5.56 Å². The smallest absolute Gasteiger partial charge is 0.250 e. The zero-order valence-corrected chi connectivity index (χ0v) is 13.9. The van der Waals surface area contributed by atoms with E-state index in [4.69, 9.17) is 0 Å². The van der Waals surface area contributed by atoms with Crippen LogP contribution in [0.5, 0.6) is 0 Å². The van der Waals surface area contributed by atoms with E-state index in [-0.39, 0.29) is 23.6 Å². The number of nitrogens with zero attached hydrogens (tertiary/aromatic N) is 6. The number of amides is 1. The molecule has 0 aliphatic carbocycles. The number of carbonyl (C=O) groups is 1. The van der Waals surface area contributed by atoms with Gasteiger partial charge in [-0.1, -0.05) is 11.3 Å². The molecule has 0 unspecified atom stereocenters. The summed E-state index contributed by atoms with van der Waals surface area (Å²) in [6.45, 7) is 1.66. The maximum Gasteiger partial charge on any atom is 0.250 e. The Labute approximate surface area is 140 Å². The Morgan fingerprint density at radius 3 is 2.79 bits per heavy atom. The molecule has 0 N–H and O–H groups in total. The summed E-state index contributed by atoms with van der Waals surface area (Å²) in [6, 6.07) is 5.28. The quantitative estimate of drug-likeness (QED) is 0.762. The Bertz CT molecular complexity index is 739. The fraction of sp³-hybridized carbons (Fsp3) is 0.500. The summed E-state index contributed by atoms with van der Waals surface area (Å²) in [7, 11) is 4.01. The molecule has 24 heavy (non-hydrogen) atoms. The molecule has 2 aromatic rings. The van der Waals surface area contributed by atoms with Crippen LogP contribution in [0.2, 0.25) is 0 Å². The fourth-order valence-corrected chi connectivity index (χ4v) is 3.15. The molecule has 1 saturated heterocycles. The number of rotatable bonds is 5. The average molecular weight is 330 g/mol. The van der Waals surface area contributed by atoms with Crippen molar-refractivity contribution >= 4 is 5.91 Å². The topological polar surface area (TPSA) is 76.3 Å². The third-order valence-corrected chi connectivity index (χ3v) is 4.52. The Kier molecular flexibility index (Phi) is 4.75. The van der Waals surface area contributed by atoms with Crippen LogP contribution in [0.3, 0.4) is 0 Å². The van der Waals surface area contributed by atoms with E-state index in [0.29, 0.717) is 26.1 Å². The average Bonchev–Trinajstić information content (AvgIpc) is 3.22. The van der Waals surface area contributed by atoms with E-state index in [1.165, 1.54) is 6.07 Å². The number of hydrogen-bond acceptors (Lipinski definition) is 5. The van der Waals surface area contributed by atoms with Crippen LogP contribution in [0.25, 0.3) is 0 Å². The lowest BCUT2D eigenvalue weighted by Crippen LogP contribution is -2.37. The number of likely N-dealkylation sites (tertiary alicyclic amines) is 1. The molecule has 2 aromatic heterocycles. The first-order chi connectivity index (χ1) is 11.6. The number of likely N-dealkylation sites (N-methyl/N-ethyl adjacent to an activating group) is 1. The number of hydrogen-bond donors (Lipinski definition) is 0. The zero-order valence-electron chi connectivity index (χ0n) is 13.9. The van der Waals surface area contributed by atoms with Crippen molar-refractivity contribution < 1.29 is 4.79 Å². The highest BCUT2D eigenvalue weighted by Crippen LogP contribution is 2.25. The Balaban J connectivity index is 1.65. The first kappa shape index (κ1) is 16.4. The summed E-state index contributed by atoms with van der Waals surface area (Å²) in [6.07, 6.45) is 5.51. The van der Waals surface area contributed by atoms with Crippen LogP contribution in [0, 0.1) is 0 Å². The van der Waals surface area contributed by atoms with Crippen molar-refractivity contribution in [3.63, 3.8) is 0 Å². The molecule has 1 aliphatic heterocycles. The predicted molar refractivity (Wildman–Crippen MR) is 88.4 cm³/mol. The van der Waals surface area contributed by atoms with Crippen molar-refractivity contribution in [2.75, 3.05) is 27.2 Å². The molecule has 8 heteroatoms. The molecule has 128 valence electrons. The molecule has 1 aliphatic rings. The van der Waals surface area contributed by atoms with Gasteiger partial charge in [0, 0.05) is 44.5 Å². The summed E-state index contributed by atoms with van der Waals surface area (Å²) >= 11 is 0. The van der Waals surface area contributed by atoms with Crippen molar-refractivity contribution in [2.24, 2.45) is 0 Å². The van der Waals surface area contributed by atoms with E-state index >= 15 is 0 Å².